The van der Waals surface area contributed by atoms with Crippen molar-refractivity contribution in [3.63, 3.8) is 0 Å². The first-order valence-electron chi connectivity index (χ1n) is 3.91. The van der Waals surface area contributed by atoms with Crippen LogP contribution >= 0.6 is 24.6 Å². The van der Waals surface area contributed by atoms with Crippen molar-refractivity contribution in [3.8, 4) is 0 Å². The molecule has 1 heterocycles. The normalized spacial score (nSPS) is 12.4. The van der Waals surface area contributed by atoms with Gasteiger partial charge in [0.1, 0.15) is 11.1 Å². The lowest BCUT2D eigenvalue weighted by atomic mass is 10.4. The number of carbonyl (C=O) groups is 1. The second-order valence-electron chi connectivity index (χ2n) is 2.46. The highest BCUT2D eigenvalue weighted by Crippen LogP contribution is 2.10. The van der Waals surface area contributed by atoms with Gasteiger partial charge in [0.25, 0.3) is 0 Å². The van der Waals surface area contributed by atoms with Crippen LogP contribution < -0.4 is 4.72 Å². The van der Waals surface area contributed by atoms with E-state index >= 15 is 0 Å². The molecule has 6 heteroatoms. The Bertz CT molecular complexity index is 295. The van der Waals surface area contributed by atoms with Gasteiger partial charge in [-0.25, -0.2) is 9.71 Å². The summed E-state index contributed by atoms with van der Waals surface area (Å²) in [7, 11) is 0. The molecule has 0 aliphatic carbocycles. The first kappa shape index (κ1) is 11.4. The SMILES string of the molecule is O=C(O)[C@H](CS)NSc1ccccn1. The Morgan fingerprint density at radius 3 is 3.00 bits per heavy atom. The van der Waals surface area contributed by atoms with E-state index in [0.717, 1.165) is 5.03 Å². The molecule has 0 aliphatic heterocycles. The molecule has 0 saturated heterocycles. The number of thiol groups is 1. The average Bonchev–Trinajstić information content (AvgIpc) is 2.20. The number of carboxylic acids is 1. The predicted molar refractivity (Wildman–Crippen MR) is 58.5 cm³/mol. The van der Waals surface area contributed by atoms with Gasteiger partial charge < -0.3 is 5.11 Å². The molecule has 0 spiro atoms. The molecule has 1 atom stereocenters. The molecule has 76 valence electrons. The fourth-order valence-electron chi connectivity index (χ4n) is 0.705. The van der Waals surface area contributed by atoms with E-state index in [-0.39, 0.29) is 5.75 Å². The van der Waals surface area contributed by atoms with Gasteiger partial charge in [0.05, 0.1) is 0 Å². The summed E-state index contributed by atoms with van der Waals surface area (Å²) in [6.07, 6.45) is 1.65. The van der Waals surface area contributed by atoms with Crippen molar-refractivity contribution in [1.82, 2.24) is 9.71 Å². The zero-order valence-electron chi connectivity index (χ0n) is 7.25. The van der Waals surface area contributed by atoms with E-state index in [1.807, 2.05) is 6.07 Å². The van der Waals surface area contributed by atoms with Crippen LogP contribution in [0.3, 0.4) is 0 Å². The summed E-state index contributed by atoms with van der Waals surface area (Å²) in [5.74, 6) is -0.668. The van der Waals surface area contributed by atoms with Crippen LogP contribution in [0.1, 0.15) is 0 Å². The third-order valence-corrected chi connectivity index (χ3v) is 2.64. The maximum Gasteiger partial charge on any atom is 0.322 e. The van der Waals surface area contributed by atoms with Crippen LogP contribution in [0.2, 0.25) is 0 Å². The van der Waals surface area contributed by atoms with Crippen LogP contribution in [-0.4, -0.2) is 27.9 Å². The second-order valence-corrected chi connectivity index (χ2v) is 3.68. The number of carboxylic acid groups (broad SMARTS) is 1. The number of aromatic nitrogens is 1. The summed E-state index contributed by atoms with van der Waals surface area (Å²) in [5, 5.41) is 9.44. The molecule has 0 amide bonds. The number of nitrogens with zero attached hydrogens (tertiary/aromatic N) is 1. The molecular weight excluding hydrogens is 220 g/mol. The maximum atomic E-state index is 10.6. The quantitative estimate of drug-likeness (QED) is 0.521. The minimum Gasteiger partial charge on any atom is -0.480 e. The van der Waals surface area contributed by atoms with Crippen LogP contribution in [0, 0.1) is 0 Å². The number of pyridine rings is 1. The molecule has 0 radical (unpaired) electrons. The molecule has 0 aliphatic rings. The monoisotopic (exact) mass is 230 g/mol. The molecule has 1 aromatic rings. The summed E-state index contributed by atoms with van der Waals surface area (Å²) >= 11 is 5.11. The maximum absolute atomic E-state index is 10.6. The predicted octanol–water partition coefficient (Wildman–Crippen LogP) is 1.06. The van der Waals surface area contributed by atoms with Crippen molar-refractivity contribution < 1.29 is 9.90 Å². The lowest BCUT2D eigenvalue weighted by molar-refractivity contribution is -0.138. The van der Waals surface area contributed by atoms with Crippen molar-refractivity contribution in [2.45, 2.75) is 11.1 Å². The Balaban J connectivity index is 2.44. The first-order chi connectivity index (χ1) is 6.74. The molecule has 1 rings (SSSR count). The zero-order chi connectivity index (χ0) is 10.4. The number of hydrogen-bond acceptors (Lipinski definition) is 5. The van der Waals surface area contributed by atoms with E-state index in [1.165, 1.54) is 11.9 Å². The van der Waals surface area contributed by atoms with Crippen molar-refractivity contribution in [2.75, 3.05) is 5.75 Å². The van der Waals surface area contributed by atoms with Gasteiger partial charge in [0, 0.05) is 11.9 Å². The lowest BCUT2D eigenvalue weighted by Crippen LogP contribution is -2.33. The van der Waals surface area contributed by atoms with Crippen molar-refractivity contribution in [1.29, 1.82) is 0 Å². The third kappa shape index (κ3) is 3.57. The van der Waals surface area contributed by atoms with Crippen molar-refractivity contribution in [3.05, 3.63) is 24.4 Å². The van der Waals surface area contributed by atoms with Gasteiger partial charge in [0.15, 0.2) is 0 Å². The Hall–Kier alpha value is -0.720. The van der Waals surface area contributed by atoms with E-state index in [2.05, 4.69) is 22.3 Å². The molecule has 2 N–H and O–H groups in total. The summed E-state index contributed by atoms with van der Waals surface area (Å²) in [6, 6.07) is 4.78. The van der Waals surface area contributed by atoms with Gasteiger partial charge in [-0.05, 0) is 24.1 Å². The Labute approximate surface area is 91.7 Å². The highest BCUT2D eigenvalue weighted by molar-refractivity contribution is 7.97. The fraction of sp³-hybridized carbons (Fsp3) is 0.250. The van der Waals surface area contributed by atoms with Crippen LogP contribution in [0.25, 0.3) is 0 Å². The van der Waals surface area contributed by atoms with Gasteiger partial charge in [-0.3, -0.25) is 4.79 Å². The Kier molecular flexibility index (Phi) is 4.78. The number of aliphatic carboxylic acids is 1. The minimum atomic E-state index is -0.913. The van der Waals surface area contributed by atoms with Crippen LogP contribution in [0.15, 0.2) is 29.4 Å². The van der Waals surface area contributed by atoms with E-state index < -0.39 is 12.0 Å². The molecule has 1 aromatic heterocycles. The molecule has 4 nitrogen and oxygen atoms in total. The molecule has 0 fully saturated rings. The first-order valence-corrected chi connectivity index (χ1v) is 5.36. The second kappa shape index (κ2) is 5.90. The largest absolute Gasteiger partial charge is 0.480 e. The van der Waals surface area contributed by atoms with Gasteiger partial charge >= 0.3 is 5.97 Å². The third-order valence-electron chi connectivity index (χ3n) is 1.42. The molecular formula is C8H10N2O2S2. The van der Waals surface area contributed by atoms with Crippen LogP contribution in [0.4, 0.5) is 0 Å². The van der Waals surface area contributed by atoms with E-state index in [9.17, 15) is 4.79 Å². The molecule has 0 saturated carbocycles. The number of rotatable bonds is 5. The van der Waals surface area contributed by atoms with E-state index in [0.29, 0.717) is 0 Å². The van der Waals surface area contributed by atoms with E-state index in [1.54, 1.807) is 18.3 Å². The van der Waals surface area contributed by atoms with Gasteiger partial charge in [-0.2, -0.15) is 12.6 Å². The van der Waals surface area contributed by atoms with Gasteiger partial charge in [-0.1, -0.05) is 6.07 Å². The number of hydrogen-bond donors (Lipinski definition) is 3. The van der Waals surface area contributed by atoms with E-state index in [4.69, 9.17) is 5.11 Å². The molecule has 0 bridgehead atoms. The standard InChI is InChI=1S/C8H10N2O2S2/c11-8(12)6(5-13)10-14-7-3-1-2-4-9-7/h1-4,6,10,13H,5H2,(H,11,12)/t6-/m0/s1. The Morgan fingerprint density at radius 1 is 1.71 bits per heavy atom. The molecule has 0 aromatic carbocycles. The Morgan fingerprint density at radius 2 is 2.50 bits per heavy atom. The molecule has 14 heavy (non-hydrogen) atoms. The smallest absolute Gasteiger partial charge is 0.322 e. The number of nitrogens with one attached hydrogen (secondary N) is 1. The van der Waals surface area contributed by atoms with Gasteiger partial charge in [-0.15, -0.1) is 0 Å². The summed E-state index contributed by atoms with van der Waals surface area (Å²) in [6.45, 7) is 0. The zero-order valence-corrected chi connectivity index (χ0v) is 8.96. The average molecular weight is 230 g/mol. The summed E-state index contributed by atoms with van der Waals surface area (Å²) < 4.78 is 2.76. The highest BCUT2D eigenvalue weighted by Gasteiger charge is 2.14. The minimum absolute atomic E-state index is 0.245. The van der Waals surface area contributed by atoms with Crippen molar-refractivity contribution >= 4 is 30.5 Å². The summed E-state index contributed by atoms with van der Waals surface area (Å²) in [5.41, 5.74) is 0. The van der Waals surface area contributed by atoms with Crippen molar-refractivity contribution in [2.24, 2.45) is 0 Å². The summed E-state index contributed by atoms with van der Waals surface area (Å²) in [4.78, 5) is 14.6. The topological polar surface area (TPSA) is 62.2 Å². The van der Waals surface area contributed by atoms with Crippen LogP contribution in [0.5, 0.6) is 0 Å². The lowest BCUT2D eigenvalue weighted by Gasteiger charge is -2.09. The fourth-order valence-corrected chi connectivity index (χ4v) is 1.78. The highest BCUT2D eigenvalue weighted by atomic mass is 32.2. The molecule has 0 unspecified atom stereocenters. The van der Waals surface area contributed by atoms with Crippen LogP contribution in [-0.2, 0) is 4.79 Å². The van der Waals surface area contributed by atoms with Gasteiger partial charge in [0.2, 0.25) is 0 Å².